The van der Waals surface area contributed by atoms with Crippen LogP contribution >= 0.6 is 0 Å². The van der Waals surface area contributed by atoms with Gasteiger partial charge in [0.05, 0.1) is 10.5 Å². The van der Waals surface area contributed by atoms with Crippen LogP contribution in [0, 0.1) is 0 Å². The number of hydrogen-bond donors (Lipinski definition) is 0. The van der Waals surface area contributed by atoms with Crippen molar-refractivity contribution in [1.82, 2.24) is 9.21 Å². The fraction of sp³-hybridized carbons (Fsp3) is 0.333. The van der Waals surface area contributed by atoms with E-state index in [-0.39, 0.29) is 24.6 Å². The van der Waals surface area contributed by atoms with Crippen LogP contribution in [0.1, 0.15) is 18.4 Å². The van der Waals surface area contributed by atoms with Crippen LogP contribution in [0.25, 0.3) is 11.1 Å². The van der Waals surface area contributed by atoms with E-state index in [1.54, 1.807) is 0 Å². The van der Waals surface area contributed by atoms with E-state index in [1.807, 2.05) is 0 Å². The summed E-state index contributed by atoms with van der Waals surface area (Å²) in [7, 11) is -3.83. The van der Waals surface area contributed by atoms with E-state index >= 15 is 0 Å². The highest BCUT2D eigenvalue weighted by Crippen LogP contribution is 2.33. The van der Waals surface area contributed by atoms with Gasteiger partial charge in [0.1, 0.15) is 0 Å². The van der Waals surface area contributed by atoms with E-state index in [1.165, 1.54) is 40.7 Å². The number of nitrogens with zero attached hydrogens (tertiary/aromatic N) is 2. The molecule has 4 rings (SSSR count). The maximum Gasteiger partial charge on any atom is 0.417 e. The fourth-order valence-electron chi connectivity index (χ4n) is 3.90. The molecule has 170 valence electrons. The van der Waals surface area contributed by atoms with Crippen LogP contribution in [0.3, 0.4) is 0 Å². The number of carbonyl (C=O) groups is 2. The second-order valence-electron chi connectivity index (χ2n) is 7.56. The van der Waals surface area contributed by atoms with Crippen molar-refractivity contribution in [3.8, 4) is 11.1 Å². The van der Waals surface area contributed by atoms with Gasteiger partial charge in [0.25, 0.3) is 5.91 Å². The largest absolute Gasteiger partial charge is 0.439 e. The molecular formula is C21H19F3N2O5S. The van der Waals surface area contributed by atoms with Gasteiger partial charge in [-0.25, -0.2) is 18.1 Å². The van der Waals surface area contributed by atoms with Crippen molar-refractivity contribution in [2.24, 2.45) is 0 Å². The summed E-state index contributed by atoms with van der Waals surface area (Å²) in [5.41, 5.74) is 0.00139. The van der Waals surface area contributed by atoms with Crippen LogP contribution in [0.2, 0.25) is 0 Å². The minimum atomic E-state index is -4.47. The molecule has 2 aromatic rings. The molecular weight excluding hydrogens is 449 g/mol. The molecule has 0 unspecified atom stereocenters. The molecule has 0 spiro atoms. The molecule has 2 aromatic carbocycles. The van der Waals surface area contributed by atoms with E-state index in [0.29, 0.717) is 24.0 Å². The highest BCUT2D eigenvalue weighted by atomic mass is 32.2. The number of halogens is 3. The SMILES string of the molecule is O=C1COC(=O)N1C1CCN(S(=O)(=O)c2ccc(-c3cccc(C(F)(F)F)c3)cc2)CC1. The summed E-state index contributed by atoms with van der Waals surface area (Å²) in [4.78, 5) is 24.6. The lowest BCUT2D eigenvalue weighted by molar-refractivity contribution is -0.137. The van der Waals surface area contributed by atoms with Crippen LogP contribution < -0.4 is 0 Å². The third kappa shape index (κ3) is 4.22. The van der Waals surface area contributed by atoms with Gasteiger partial charge in [-0.2, -0.15) is 17.5 Å². The van der Waals surface area contributed by atoms with Gasteiger partial charge >= 0.3 is 12.3 Å². The van der Waals surface area contributed by atoms with Gasteiger partial charge in [0.15, 0.2) is 6.61 Å². The van der Waals surface area contributed by atoms with Crippen molar-refractivity contribution in [3.05, 3.63) is 54.1 Å². The molecule has 0 saturated carbocycles. The number of carbonyl (C=O) groups excluding carboxylic acids is 2. The third-order valence-electron chi connectivity index (χ3n) is 5.59. The lowest BCUT2D eigenvalue weighted by Gasteiger charge is -2.34. The molecule has 2 heterocycles. The van der Waals surface area contributed by atoms with Crippen LogP contribution in [-0.4, -0.2) is 55.4 Å². The molecule has 0 aromatic heterocycles. The molecule has 7 nitrogen and oxygen atoms in total. The average molecular weight is 468 g/mol. The normalized spacial score (nSPS) is 18.8. The maximum atomic E-state index is 13.0. The lowest BCUT2D eigenvalue weighted by Crippen LogP contribution is -2.48. The summed E-state index contributed by atoms with van der Waals surface area (Å²) < 4.78 is 70.8. The number of imide groups is 1. The second-order valence-corrected chi connectivity index (χ2v) is 9.49. The van der Waals surface area contributed by atoms with Gasteiger partial charge in [0.2, 0.25) is 10.0 Å². The third-order valence-corrected chi connectivity index (χ3v) is 7.50. The molecule has 0 aliphatic carbocycles. The van der Waals surface area contributed by atoms with Crippen LogP contribution in [-0.2, 0) is 25.7 Å². The van der Waals surface area contributed by atoms with Gasteiger partial charge in [0, 0.05) is 19.1 Å². The topological polar surface area (TPSA) is 84.0 Å². The molecule has 0 bridgehead atoms. The summed E-state index contributed by atoms with van der Waals surface area (Å²) in [6.07, 6.45) is -4.59. The zero-order valence-electron chi connectivity index (χ0n) is 16.7. The van der Waals surface area contributed by atoms with Gasteiger partial charge in [-0.3, -0.25) is 4.79 Å². The van der Waals surface area contributed by atoms with Crippen molar-refractivity contribution in [1.29, 1.82) is 0 Å². The molecule has 11 heteroatoms. The Kier molecular flexibility index (Phi) is 5.72. The number of sulfonamides is 1. The van der Waals surface area contributed by atoms with Crippen LogP contribution in [0.4, 0.5) is 18.0 Å². The number of cyclic esters (lactones) is 1. The minimum Gasteiger partial charge on any atom is -0.439 e. The Balaban J connectivity index is 1.47. The molecule has 32 heavy (non-hydrogen) atoms. The number of piperidine rings is 1. The van der Waals surface area contributed by atoms with E-state index < -0.39 is 39.8 Å². The smallest absolute Gasteiger partial charge is 0.417 e. The summed E-state index contributed by atoms with van der Waals surface area (Å²) in [5.74, 6) is -0.429. The minimum absolute atomic E-state index is 0.0170. The number of hydrogen-bond acceptors (Lipinski definition) is 5. The summed E-state index contributed by atoms with van der Waals surface area (Å²) in [6, 6.07) is 10.0. The monoisotopic (exact) mass is 468 g/mol. The molecule has 2 aliphatic heterocycles. The van der Waals surface area contributed by atoms with Gasteiger partial charge in [-0.05, 0) is 48.2 Å². The van der Waals surface area contributed by atoms with Gasteiger partial charge in [-0.1, -0.05) is 24.3 Å². The lowest BCUT2D eigenvalue weighted by atomic mass is 10.0. The van der Waals surface area contributed by atoms with Crippen LogP contribution in [0.15, 0.2) is 53.4 Å². The van der Waals surface area contributed by atoms with E-state index in [9.17, 15) is 31.2 Å². The summed E-state index contributed by atoms with van der Waals surface area (Å²) in [5, 5.41) is 0. The number of alkyl halides is 3. The first-order valence-corrected chi connectivity index (χ1v) is 11.3. The van der Waals surface area contributed by atoms with E-state index in [4.69, 9.17) is 4.74 Å². The number of benzene rings is 2. The average Bonchev–Trinajstić information content (AvgIpc) is 3.11. The molecule has 0 atom stereocenters. The predicted molar refractivity (Wildman–Crippen MR) is 107 cm³/mol. The number of amides is 2. The Morgan fingerprint density at radius 2 is 1.59 bits per heavy atom. The Bertz CT molecular complexity index is 1120. The molecule has 2 amide bonds. The summed E-state index contributed by atoms with van der Waals surface area (Å²) in [6.45, 7) is -0.0472. The van der Waals surface area contributed by atoms with E-state index in [0.717, 1.165) is 17.0 Å². The first kappa shape index (κ1) is 22.3. The molecule has 2 aliphatic rings. The Morgan fingerprint density at radius 3 is 2.16 bits per heavy atom. The Morgan fingerprint density at radius 1 is 0.938 bits per heavy atom. The predicted octanol–water partition coefficient (Wildman–Crippen LogP) is 3.50. The highest BCUT2D eigenvalue weighted by molar-refractivity contribution is 7.89. The van der Waals surface area contributed by atoms with Crippen molar-refractivity contribution >= 4 is 22.0 Å². The van der Waals surface area contributed by atoms with Crippen molar-refractivity contribution < 1.29 is 35.9 Å². The standard InChI is InChI=1S/C21H19F3N2O5S/c22-21(23,24)16-3-1-2-15(12-16)14-4-6-18(7-5-14)32(29,30)25-10-8-17(9-11-25)26-19(27)13-31-20(26)28/h1-7,12,17H,8-11,13H2. The number of rotatable bonds is 4. The quantitative estimate of drug-likeness (QED) is 0.686. The first-order valence-electron chi connectivity index (χ1n) is 9.84. The molecule has 0 N–H and O–H groups in total. The van der Waals surface area contributed by atoms with Gasteiger partial charge < -0.3 is 4.74 Å². The highest BCUT2D eigenvalue weighted by Gasteiger charge is 2.40. The fourth-order valence-corrected chi connectivity index (χ4v) is 5.37. The van der Waals surface area contributed by atoms with Crippen LogP contribution in [0.5, 0.6) is 0 Å². The van der Waals surface area contributed by atoms with Crippen molar-refractivity contribution in [3.63, 3.8) is 0 Å². The zero-order valence-corrected chi connectivity index (χ0v) is 17.5. The molecule has 2 fully saturated rings. The second kappa shape index (κ2) is 8.21. The van der Waals surface area contributed by atoms with Crippen molar-refractivity contribution in [2.75, 3.05) is 19.7 Å². The Labute approximate surface area is 182 Å². The van der Waals surface area contributed by atoms with Gasteiger partial charge in [-0.15, -0.1) is 0 Å². The van der Waals surface area contributed by atoms with E-state index in [2.05, 4.69) is 0 Å². The first-order chi connectivity index (χ1) is 15.1. The Hall–Kier alpha value is -2.92. The zero-order chi connectivity index (χ0) is 23.1. The number of ether oxygens (including phenoxy) is 1. The summed E-state index contributed by atoms with van der Waals surface area (Å²) >= 11 is 0. The maximum absolute atomic E-state index is 13.0. The molecule has 2 saturated heterocycles. The molecule has 0 radical (unpaired) electrons. The van der Waals surface area contributed by atoms with Crippen molar-refractivity contribution in [2.45, 2.75) is 30.0 Å².